The average molecular weight is 167 g/mol. The first-order valence-corrected chi connectivity index (χ1v) is 3.07. The number of carboxylic acid groups (broad SMARTS) is 1. The van der Waals surface area contributed by atoms with E-state index in [2.05, 4.69) is 4.98 Å². The minimum atomic E-state index is -1.31. The Morgan fingerprint density at radius 3 is 2.58 bits per heavy atom. The van der Waals surface area contributed by atoms with E-state index in [0.29, 0.717) is 6.29 Å². The Bertz CT molecular complexity index is 379. The second-order valence-electron chi connectivity index (χ2n) is 2.08. The molecule has 0 amide bonds. The lowest BCUT2D eigenvalue weighted by atomic mass is 10.2. The molecule has 0 saturated heterocycles. The Balaban J connectivity index is 3.30. The van der Waals surface area contributed by atoms with Gasteiger partial charge in [-0.2, -0.15) is 0 Å². The second-order valence-corrected chi connectivity index (χ2v) is 2.08. The minimum absolute atomic E-state index is 0.0602. The third-order valence-corrected chi connectivity index (χ3v) is 1.29. The lowest BCUT2D eigenvalue weighted by Crippen LogP contribution is -2.18. The number of H-pyrrole nitrogens is 1. The van der Waals surface area contributed by atoms with Crippen LogP contribution >= 0.6 is 0 Å². The van der Waals surface area contributed by atoms with E-state index in [0.717, 1.165) is 6.07 Å². The van der Waals surface area contributed by atoms with Crippen LogP contribution in [0.15, 0.2) is 16.9 Å². The SMILES string of the molecule is O=Cc1ccc(C(=O)O)c(=O)[nH]1. The van der Waals surface area contributed by atoms with Crippen molar-refractivity contribution in [3.8, 4) is 0 Å². The molecule has 0 atom stereocenters. The van der Waals surface area contributed by atoms with Crippen LogP contribution in [-0.2, 0) is 0 Å². The lowest BCUT2D eigenvalue weighted by molar-refractivity contribution is 0.0694. The molecule has 0 spiro atoms. The molecule has 0 unspecified atom stereocenters. The fourth-order valence-electron chi connectivity index (χ4n) is 0.726. The maximum atomic E-state index is 10.8. The van der Waals surface area contributed by atoms with Gasteiger partial charge in [0.25, 0.3) is 5.56 Å². The van der Waals surface area contributed by atoms with E-state index < -0.39 is 11.5 Å². The Labute approximate surface area is 66.7 Å². The Morgan fingerprint density at radius 1 is 1.50 bits per heavy atom. The zero-order valence-corrected chi connectivity index (χ0v) is 5.90. The molecule has 12 heavy (non-hydrogen) atoms. The lowest BCUT2D eigenvalue weighted by Gasteiger charge is -1.92. The molecule has 0 aliphatic rings. The number of carbonyl (C=O) groups excluding carboxylic acids is 1. The van der Waals surface area contributed by atoms with Crippen LogP contribution in [-0.4, -0.2) is 22.3 Å². The zero-order chi connectivity index (χ0) is 9.14. The maximum absolute atomic E-state index is 10.8. The van der Waals surface area contributed by atoms with Crippen molar-refractivity contribution in [3.05, 3.63) is 33.7 Å². The molecule has 0 radical (unpaired) electrons. The molecule has 0 aromatic carbocycles. The number of aromatic amines is 1. The molecule has 0 aliphatic heterocycles. The van der Waals surface area contributed by atoms with Crippen molar-refractivity contribution in [3.63, 3.8) is 0 Å². The molecule has 5 heteroatoms. The van der Waals surface area contributed by atoms with Gasteiger partial charge in [-0.3, -0.25) is 9.59 Å². The molecule has 0 bridgehead atoms. The molecule has 1 aromatic heterocycles. The Kier molecular flexibility index (Phi) is 2.05. The summed E-state index contributed by atoms with van der Waals surface area (Å²) in [7, 11) is 0. The van der Waals surface area contributed by atoms with Crippen LogP contribution in [0.4, 0.5) is 0 Å². The summed E-state index contributed by atoms with van der Waals surface area (Å²) in [6, 6.07) is 2.32. The van der Waals surface area contributed by atoms with Crippen molar-refractivity contribution in [2.45, 2.75) is 0 Å². The van der Waals surface area contributed by atoms with E-state index in [1.54, 1.807) is 0 Å². The van der Waals surface area contributed by atoms with E-state index in [1.807, 2.05) is 0 Å². The average Bonchev–Trinajstić information content (AvgIpc) is 2.03. The summed E-state index contributed by atoms with van der Waals surface area (Å²) in [5.41, 5.74) is -1.09. The van der Waals surface area contributed by atoms with E-state index in [9.17, 15) is 14.4 Å². The summed E-state index contributed by atoms with van der Waals surface area (Å²) in [4.78, 5) is 33.4. The summed E-state index contributed by atoms with van der Waals surface area (Å²) in [6.07, 6.45) is 0.438. The second kappa shape index (κ2) is 3.00. The summed E-state index contributed by atoms with van der Waals surface area (Å²) >= 11 is 0. The van der Waals surface area contributed by atoms with Crippen LogP contribution in [0.5, 0.6) is 0 Å². The quantitative estimate of drug-likeness (QED) is 0.601. The predicted octanol–water partition coefficient (Wildman–Crippen LogP) is -0.114. The number of carbonyl (C=O) groups is 2. The molecule has 2 N–H and O–H groups in total. The van der Waals surface area contributed by atoms with E-state index in [1.165, 1.54) is 6.07 Å². The summed E-state index contributed by atoms with van der Waals surface area (Å²) in [5.74, 6) is -1.31. The van der Waals surface area contributed by atoms with Crippen molar-refractivity contribution in [2.24, 2.45) is 0 Å². The molecule has 62 valence electrons. The summed E-state index contributed by atoms with van der Waals surface area (Å²) in [6.45, 7) is 0. The van der Waals surface area contributed by atoms with Gasteiger partial charge < -0.3 is 10.1 Å². The van der Waals surface area contributed by atoms with Crippen molar-refractivity contribution >= 4 is 12.3 Å². The monoisotopic (exact) mass is 167 g/mol. The van der Waals surface area contributed by atoms with Gasteiger partial charge in [0.1, 0.15) is 5.56 Å². The van der Waals surface area contributed by atoms with Crippen LogP contribution in [0, 0.1) is 0 Å². The van der Waals surface area contributed by atoms with Gasteiger partial charge in [0.05, 0.1) is 5.69 Å². The molecule has 0 fully saturated rings. The van der Waals surface area contributed by atoms with Crippen LogP contribution in [0.25, 0.3) is 0 Å². The third-order valence-electron chi connectivity index (χ3n) is 1.29. The van der Waals surface area contributed by atoms with Crippen LogP contribution < -0.4 is 5.56 Å². The predicted molar refractivity (Wildman–Crippen MR) is 39.4 cm³/mol. The van der Waals surface area contributed by atoms with Gasteiger partial charge in [0, 0.05) is 0 Å². The topological polar surface area (TPSA) is 87.2 Å². The Hall–Kier alpha value is -1.91. The van der Waals surface area contributed by atoms with Gasteiger partial charge in [-0.25, -0.2) is 4.79 Å². The maximum Gasteiger partial charge on any atom is 0.341 e. The van der Waals surface area contributed by atoms with Crippen molar-refractivity contribution in [1.29, 1.82) is 0 Å². The van der Waals surface area contributed by atoms with Gasteiger partial charge in [-0.1, -0.05) is 0 Å². The van der Waals surface area contributed by atoms with Crippen molar-refractivity contribution in [1.82, 2.24) is 4.98 Å². The summed E-state index contributed by atoms with van der Waals surface area (Å²) in [5, 5.41) is 8.42. The number of nitrogens with one attached hydrogen (secondary N) is 1. The molecular formula is C7H5NO4. The highest BCUT2D eigenvalue weighted by atomic mass is 16.4. The molecule has 1 heterocycles. The van der Waals surface area contributed by atoms with Crippen molar-refractivity contribution in [2.75, 3.05) is 0 Å². The van der Waals surface area contributed by atoms with E-state index in [4.69, 9.17) is 5.11 Å². The molecular weight excluding hydrogens is 162 g/mol. The molecule has 1 rings (SSSR count). The van der Waals surface area contributed by atoms with Crippen LogP contribution in [0.1, 0.15) is 20.8 Å². The number of aromatic nitrogens is 1. The highest BCUT2D eigenvalue weighted by Gasteiger charge is 2.07. The van der Waals surface area contributed by atoms with Gasteiger partial charge in [-0.05, 0) is 12.1 Å². The highest BCUT2D eigenvalue weighted by molar-refractivity contribution is 5.87. The Morgan fingerprint density at radius 2 is 2.17 bits per heavy atom. The van der Waals surface area contributed by atoms with E-state index in [-0.39, 0.29) is 11.3 Å². The van der Waals surface area contributed by atoms with Crippen LogP contribution in [0.3, 0.4) is 0 Å². The number of carboxylic acids is 1. The number of aldehydes is 1. The number of rotatable bonds is 2. The normalized spacial score (nSPS) is 9.33. The third kappa shape index (κ3) is 1.39. The van der Waals surface area contributed by atoms with Gasteiger partial charge in [0.2, 0.25) is 0 Å². The number of hydrogen-bond acceptors (Lipinski definition) is 3. The fourth-order valence-corrected chi connectivity index (χ4v) is 0.726. The smallest absolute Gasteiger partial charge is 0.341 e. The first kappa shape index (κ1) is 8.19. The number of aromatic carboxylic acids is 1. The first-order valence-electron chi connectivity index (χ1n) is 3.07. The summed E-state index contributed by atoms with van der Waals surface area (Å²) < 4.78 is 0. The molecule has 0 saturated carbocycles. The van der Waals surface area contributed by atoms with Gasteiger partial charge >= 0.3 is 5.97 Å². The largest absolute Gasteiger partial charge is 0.477 e. The van der Waals surface area contributed by atoms with Crippen LogP contribution in [0.2, 0.25) is 0 Å². The van der Waals surface area contributed by atoms with E-state index >= 15 is 0 Å². The first-order chi connectivity index (χ1) is 5.65. The molecule has 1 aromatic rings. The zero-order valence-electron chi connectivity index (χ0n) is 5.90. The van der Waals surface area contributed by atoms with Gasteiger partial charge in [0.15, 0.2) is 6.29 Å². The minimum Gasteiger partial charge on any atom is -0.477 e. The molecule has 5 nitrogen and oxygen atoms in total. The van der Waals surface area contributed by atoms with Gasteiger partial charge in [-0.15, -0.1) is 0 Å². The standard InChI is InChI=1S/C7H5NO4/c9-3-4-1-2-5(7(11)12)6(10)8-4/h1-3H,(H,8,10)(H,11,12). The fraction of sp³-hybridized carbons (Fsp3) is 0. The number of hydrogen-bond donors (Lipinski definition) is 2. The molecule has 0 aliphatic carbocycles. The van der Waals surface area contributed by atoms with Crippen molar-refractivity contribution < 1.29 is 14.7 Å². The number of pyridine rings is 1. The highest BCUT2D eigenvalue weighted by Crippen LogP contribution is 1.91.